The molecule has 38 heavy (non-hydrogen) atoms. The van der Waals surface area contributed by atoms with Crippen molar-refractivity contribution < 1.29 is 27.1 Å². The number of carbonyl (C=O) groups excluding carboxylic acids is 1. The average molecular weight is 546 g/mol. The number of benzene rings is 2. The van der Waals surface area contributed by atoms with Crippen molar-refractivity contribution in [3.05, 3.63) is 48.3 Å². The quantitative estimate of drug-likeness (QED) is 0.479. The topological polar surface area (TPSA) is 97.3 Å². The van der Waals surface area contributed by atoms with Gasteiger partial charge in [0.05, 0.1) is 10.6 Å². The van der Waals surface area contributed by atoms with Crippen molar-refractivity contribution >= 4 is 27.3 Å². The number of sulfonamides is 1. The summed E-state index contributed by atoms with van der Waals surface area (Å²) < 4.78 is 53.0. The van der Waals surface area contributed by atoms with Gasteiger partial charge in [0, 0.05) is 11.8 Å². The summed E-state index contributed by atoms with van der Waals surface area (Å²) in [7, 11) is -4.20. The molecule has 1 N–H and O–H groups in total. The minimum absolute atomic E-state index is 0.0653. The molecule has 1 aliphatic carbocycles. The Morgan fingerprint density at radius 1 is 0.842 bits per heavy atom. The van der Waals surface area contributed by atoms with E-state index < -0.39 is 28.3 Å². The molecule has 1 aliphatic heterocycles. The molecule has 1 fully saturated rings. The third-order valence-electron chi connectivity index (χ3n) is 6.77. The van der Waals surface area contributed by atoms with E-state index in [4.69, 9.17) is 9.47 Å². The number of halogens is 1. The second-order valence-corrected chi connectivity index (χ2v) is 11.6. The van der Waals surface area contributed by atoms with Crippen LogP contribution in [0.4, 0.5) is 10.1 Å². The molecule has 0 radical (unpaired) electrons. The molecule has 0 atom stereocenters. The molecule has 206 valence electrons. The summed E-state index contributed by atoms with van der Waals surface area (Å²) in [6.07, 6.45) is 12.2. The van der Waals surface area contributed by atoms with Crippen LogP contribution in [-0.2, 0) is 14.8 Å². The SMILES string of the molecule is O=C(CN(c1ccc(F)cc1)S(=O)(=O)c1ccc2c(c1)OCCO2)NN=C1CCCCCCCCCCC1. The molecule has 8 nitrogen and oxygen atoms in total. The zero-order valence-corrected chi connectivity index (χ0v) is 22.5. The first-order chi connectivity index (χ1) is 18.4. The molecule has 0 unspecified atom stereocenters. The predicted molar refractivity (Wildman–Crippen MR) is 145 cm³/mol. The van der Waals surface area contributed by atoms with Gasteiger partial charge in [-0.15, -0.1) is 0 Å². The summed E-state index contributed by atoms with van der Waals surface area (Å²) in [6, 6.07) is 9.29. The van der Waals surface area contributed by atoms with Crippen LogP contribution in [0.25, 0.3) is 0 Å². The average Bonchev–Trinajstić information content (AvgIpc) is 2.91. The largest absolute Gasteiger partial charge is 0.486 e. The van der Waals surface area contributed by atoms with E-state index in [1.807, 2.05) is 0 Å². The van der Waals surface area contributed by atoms with Gasteiger partial charge in [-0.3, -0.25) is 9.10 Å². The van der Waals surface area contributed by atoms with Crippen LogP contribution in [0.3, 0.4) is 0 Å². The lowest BCUT2D eigenvalue weighted by Crippen LogP contribution is -2.39. The van der Waals surface area contributed by atoms with Crippen LogP contribution in [0.1, 0.15) is 70.6 Å². The van der Waals surface area contributed by atoms with Gasteiger partial charge in [0.25, 0.3) is 15.9 Å². The Balaban J connectivity index is 1.51. The normalized spacial score (nSPS) is 17.0. The first kappa shape index (κ1) is 27.9. The summed E-state index contributed by atoms with van der Waals surface area (Å²) in [5, 5.41) is 4.38. The van der Waals surface area contributed by atoms with E-state index >= 15 is 0 Å². The minimum atomic E-state index is -4.20. The van der Waals surface area contributed by atoms with Crippen LogP contribution < -0.4 is 19.2 Å². The molecule has 1 heterocycles. The van der Waals surface area contributed by atoms with E-state index in [-0.39, 0.29) is 10.6 Å². The number of hydrogen-bond donors (Lipinski definition) is 1. The van der Waals surface area contributed by atoms with Gasteiger partial charge in [0.1, 0.15) is 25.6 Å². The van der Waals surface area contributed by atoms with E-state index in [0.717, 1.165) is 60.7 Å². The van der Waals surface area contributed by atoms with Gasteiger partial charge >= 0.3 is 0 Å². The second kappa shape index (κ2) is 13.6. The van der Waals surface area contributed by atoms with Crippen molar-refractivity contribution in [2.75, 3.05) is 24.1 Å². The van der Waals surface area contributed by atoms with Crippen molar-refractivity contribution in [3.8, 4) is 11.5 Å². The predicted octanol–water partition coefficient (Wildman–Crippen LogP) is 5.57. The number of hydrogen-bond acceptors (Lipinski definition) is 6. The lowest BCUT2D eigenvalue weighted by molar-refractivity contribution is -0.119. The summed E-state index contributed by atoms with van der Waals surface area (Å²) in [4.78, 5) is 12.9. The first-order valence-corrected chi connectivity index (χ1v) is 14.9. The Hall–Kier alpha value is -3.14. The van der Waals surface area contributed by atoms with Gasteiger partial charge in [0.15, 0.2) is 11.5 Å². The van der Waals surface area contributed by atoms with Gasteiger partial charge < -0.3 is 9.47 Å². The number of amides is 1. The highest BCUT2D eigenvalue weighted by Crippen LogP contribution is 2.34. The van der Waals surface area contributed by atoms with Crippen molar-refractivity contribution in [1.29, 1.82) is 0 Å². The third kappa shape index (κ3) is 7.69. The lowest BCUT2D eigenvalue weighted by atomic mass is 10.00. The zero-order chi connectivity index (χ0) is 26.8. The summed E-state index contributed by atoms with van der Waals surface area (Å²) in [6.45, 7) is 0.170. The van der Waals surface area contributed by atoms with Crippen molar-refractivity contribution in [3.63, 3.8) is 0 Å². The number of anilines is 1. The molecule has 0 aromatic heterocycles. The van der Waals surface area contributed by atoms with Gasteiger partial charge in [-0.25, -0.2) is 18.2 Å². The first-order valence-electron chi connectivity index (χ1n) is 13.5. The van der Waals surface area contributed by atoms with Gasteiger partial charge in [-0.1, -0.05) is 44.9 Å². The maximum Gasteiger partial charge on any atom is 0.264 e. The standard InChI is InChI=1S/C28H36FN3O5S/c29-22-12-14-24(15-13-22)32(38(34,35)25-16-17-26-27(20-25)37-19-18-36-26)21-28(33)31-30-23-10-8-6-4-2-1-3-5-7-9-11-23/h12-17,20H,1-11,18-19,21H2,(H,31,33). The highest BCUT2D eigenvalue weighted by atomic mass is 32.2. The Kier molecular flexibility index (Phi) is 9.98. The summed E-state index contributed by atoms with van der Waals surface area (Å²) in [5.41, 5.74) is 3.67. The molecule has 10 heteroatoms. The fourth-order valence-corrected chi connectivity index (χ4v) is 6.11. The van der Waals surface area contributed by atoms with Gasteiger partial charge in [-0.05, 0) is 62.1 Å². The van der Waals surface area contributed by atoms with Crippen LogP contribution in [0.2, 0.25) is 0 Å². The van der Waals surface area contributed by atoms with Gasteiger partial charge in [0.2, 0.25) is 0 Å². The van der Waals surface area contributed by atoms with Crippen LogP contribution in [0.5, 0.6) is 11.5 Å². The number of carbonyl (C=O) groups is 1. The molecule has 1 amide bonds. The molecule has 2 aromatic rings. The number of fused-ring (bicyclic) bond motifs is 1. The fourth-order valence-electron chi connectivity index (χ4n) is 4.67. The molecule has 2 aromatic carbocycles. The molecule has 2 aliphatic rings. The Bertz CT molecular complexity index is 1200. The van der Waals surface area contributed by atoms with Crippen molar-refractivity contribution in [2.45, 2.75) is 75.5 Å². The van der Waals surface area contributed by atoms with Crippen LogP contribution in [0.15, 0.2) is 52.5 Å². The zero-order valence-electron chi connectivity index (χ0n) is 21.7. The maximum atomic E-state index is 13.7. The minimum Gasteiger partial charge on any atom is -0.486 e. The molecule has 0 bridgehead atoms. The number of nitrogens with zero attached hydrogens (tertiary/aromatic N) is 2. The molecule has 0 saturated heterocycles. The Morgan fingerprint density at radius 2 is 1.42 bits per heavy atom. The summed E-state index contributed by atoms with van der Waals surface area (Å²) >= 11 is 0. The van der Waals surface area contributed by atoms with E-state index in [2.05, 4.69) is 10.5 Å². The second-order valence-electron chi connectivity index (χ2n) is 9.69. The number of nitrogens with one attached hydrogen (secondary N) is 1. The Morgan fingerprint density at radius 3 is 2.05 bits per heavy atom. The Labute approximate surface area is 224 Å². The highest BCUT2D eigenvalue weighted by molar-refractivity contribution is 7.92. The number of ether oxygens (including phenoxy) is 2. The molecule has 0 spiro atoms. The molecular formula is C28H36FN3O5S. The maximum absolute atomic E-state index is 13.7. The summed E-state index contributed by atoms with van der Waals surface area (Å²) in [5.74, 6) is -0.318. The van der Waals surface area contributed by atoms with E-state index in [9.17, 15) is 17.6 Å². The van der Waals surface area contributed by atoms with E-state index in [0.29, 0.717) is 24.7 Å². The fraction of sp³-hybridized carbons (Fsp3) is 0.500. The smallest absolute Gasteiger partial charge is 0.264 e. The molecular weight excluding hydrogens is 509 g/mol. The van der Waals surface area contributed by atoms with Crippen LogP contribution >= 0.6 is 0 Å². The van der Waals surface area contributed by atoms with E-state index in [1.165, 1.54) is 62.4 Å². The van der Waals surface area contributed by atoms with Gasteiger partial charge in [-0.2, -0.15) is 5.10 Å². The van der Waals surface area contributed by atoms with Crippen LogP contribution in [-0.4, -0.2) is 39.8 Å². The molecule has 4 rings (SSSR count). The van der Waals surface area contributed by atoms with Crippen molar-refractivity contribution in [2.24, 2.45) is 5.10 Å². The lowest BCUT2D eigenvalue weighted by Gasteiger charge is -2.25. The number of hydrazone groups is 1. The van der Waals surface area contributed by atoms with E-state index in [1.54, 1.807) is 0 Å². The highest BCUT2D eigenvalue weighted by Gasteiger charge is 2.29. The third-order valence-corrected chi connectivity index (χ3v) is 8.54. The molecule has 1 saturated carbocycles. The van der Waals surface area contributed by atoms with Crippen LogP contribution in [0, 0.1) is 5.82 Å². The van der Waals surface area contributed by atoms with Crippen molar-refractivity contribution in [1.82, 2.24) is 5.43 Å². The number of rotatable bonds is 6. The monoisotopic (exact) mass is 545 g/mol.